The lowest BCUT2D eigenvalue weighted by atomic mass is 9.88. The summed E-state index contributed by atoms with van der Waals surface area (Å²) in [6, 6.07) is -0.812. The lowest BCUT2D eigenvalue weighted by Gasteiger charge is -2.44. The first-order valence-electron chi connectivity index (χ1n) is 10.7. The second-order valence-electron chi connectivity index (χ2n) is 8.56. The number of ether oxygens (including phenoxy) is 1. The Morgan fingerprint density at radius 2 is 1.90 bits per heavy atom. The molecule has 2 saturated heterocycles. The SMILES string of the molecule is CS[C@H]1O[C@H]([C@H](NC(=O)[C@@H]2CC[C@H](CCCO)CCN2)C(C)C)[C@H](O)[C@H](O)[C@H]1O. The highest BCUT2D eigenvalue weighted by atomic mass is 32.2. The van der Waals surface area contributed by atoms with Crippen molar-refractivity contribution in [3.63, 3.8) is 0 Å². The molecule has 0 saturated carbocycles. The maximum absolute atomic E-state index is 13.0. The van der Waals surface area contributed by atoms with Crippen LogP contribution in [-0.2, 0) is 9.53 Å². The summed E-state index contributed by atoms with van der Waals surface area (Å²) >= 11 is 1.26. The van der Waals surface area contributed by atoms with Gasteiger partial charge in [0.25, 0.3) is 0 Å². The molecule has 170 valence electrons. The molecule has 2 aliphatic rings. The summed E-state index contributed by atoms with van der Waals surface area (Å²) in [4.78, 5) is 13.0. The zero-order chi connectivity index (χ0) is 21.6. The van der Waals surface area contributed by atoms with Crippen LogP contribution in [0.4, 0.5) is 0 Å². The highest BCUT2D eigenvalue weighted by Gasteiger charge is 2.47. The minimum Gasteiger partial charge on any atom is -0.396 e. The molecular weight excluding hydrogens is 396 g/mol. The number of amides is 1. The fraction of sp³-hybridized carbons (Fsp3) is 0.950. The van der Waals surface area contributed by atoms with Crippen LogP contribution < -0.4 is 10.6 Å². The second-order valence-corrected chi connectivity index (χ2v) is 9.50. The van der Waals surface area contributed by atoms with Crippen LogP contribution in [0.2, 0.25) is 0 Å². The van der Waals surface area contributed by atoms with Crippen LogP contribution >= 0.6 is 11.8 Å². The van der Waals surface area contributed by atoms with Gasteiger partial charge in [-0.3, -0.25) is 4.79 Å². The minimum atomic E-state index is -1.33. The van der Waals surface area contributed by atoms with E-state index in [-0.39, 0.29) is 24.5 Å². The molecule has 8 nitrogen and oxygen atoms in total. The Kier molecular flexibility index (Phi) is 10.1. The maximum atomic E-state index is 13.0. The number of hydrogen-bond acceptors (Lipinski definition) is 8. The Hall–Kier alpha value is -0.420. The zero-order valence-corrected chi connectivity index (χ0v) is 18.5. The van der Waals surface area contributed by atoms with Crippen molar-refractivity contribution in [2.24, 2.45) is 11.8 Å². The van der Waals surface area contributed by atoms with E-state index in [4.69, 9.17) is 9.84 Å². The Balaban J connectivity index is 2.01. The zero-order valence-electron chi connectivity index (χ0n) is 17.7. The third-order valence-electron chi connectivity index (χ3n) is 6.11. The van der Waals surface area contributed by atoms with Crippen LogP contribution in [-0.4, -0.2) is 87.7 Å². The first-order valence-corrected chi connectivity index (χ1v) is 12.0. The summed E-state index contributed by atoms with van der Waals surface area (Å²) in [6.45, 7) is 4.81. The van der Waals surface area contributed by atoms with Gasteiger partial charge in [-0.2, -0.15) is 0 Å². The van der Waals surface area contributed by atoms with E-state index >= 15 is 0 Å². The smallest absolute Gasteiger partial charge is 0.237 e. The molecule has 2 aliphatic heterocycles. The molecular formula is C20H38N2O6S. The first-order chi connectivity index (χ1) is 13.8. The molecule has 8 atom stereocenters. The lowest BCUT2D eigenvalue weighted by molar-refractivity contribution is -0.208. The Bertz CT molecular complexity index is 509. The summed E-state index contributed by atoms with van der Waals surface area (Å²) in [5, 5.41) is 46.2. The molecule has 2 rings (SSSR count). The van der Waals surface area contributed by atoms with Gasteiger partial charge in [-0.05, 0) is 56.7 Å². The van der Waals surface area contributed by atoms with Gasteiger partial charge in [0.2, 0.25) is 5.91 Å². The average Bonchev–Trinajstić information content (AvgIpc) is 2.95. The fourth-order valence-corrected chi connectivity index (χ4v) is 4.94. The van der Waals surface area contributed by atoms with Crippen molar-refractivity contribution in [2.75, 3.05) is 19.4 Å². The van der Waals surface area contributed by atoms with Gasteiger partial charge in [0.05, 0.1) is 12.1 Å². The third-order valence-corrected chi connectivity index (χ3v) is 6.97. The van der Waals surface area contributed by atoms with Crippen LogP contribution in [0.1, 0.15) is 46.0 Å². The number of nitrogens with one attached hydrogen (secondary N) is 2. The Morgan fingerprint density at radius 3 is 2.52 bits per heavy atom. The molecule has 0 aromatic carbocycles. The maximum Gasteiger partial charge on any atom is 0.237 e. The van der Waals surface area contributed by atoms with Crippen molar-refractivity contribution in [3.8, 4) is 0 Å². The van der Waals surface area contributed by atoms with Crippen LogP contribution in [0, 0.1) is 11.8 Å². The van der Waals surface area contributed by atoms with Crippen molar-refractivity contribution in [2.45, 2.75) is 87.9 Å². The van der Waals surface area contributed by atoms with Crippen LogP contribution in [0.15, 0.2) is 0 Å². The van der Waals surface area contributed by atoms with Crippen LogP contribution in [0.3, 0.4) is 0 Å². The third kappa shape index (κ3) is 6.53. The van der Waals surface area contributed by atoms with Gasteiger partial charge < -0.3 is 35.8 Å². The molecule has 1 amide bonds. The van der Waals surface area contributed by atoms with Gasteiger partial charge in [0.1, 0.15) is 29.9 Å². The normalized spacial score (nSPS) is 37.2. The van der Waals surface area contributed by atoms with E-state index in [1.54, 1.807) is 6.26 Å². The molecule has 0 spiro atoms. The highest BCUT2D eigenvalue weighted by Crippen LogP contribution is 2.30. The van der Waals surface area contributed by atoms with Gasteiger partial charge in [-0.15, -0.1) is 11.8 Å². The molecule has 0 aromatic rings. The predicted molar refractivity (Wildman–Crippen MR) is 112 cm³/mol. The van der Waals surface area contributed by atoms with E-state index in [9.17, 15) is 20.1 Å². The average molecular weight is 435 g/mol. The first kappa shape index (κ1) is 24.8. The fourth-order valence-electron chi connectivity index (χ4n) is 4.26. The lowest BCUT2D eigenvalue weighted by Crippen LogP contribution is -2.64. The van der Waals surface area contributed by atoms with E-state index < -0.39 is 35.9 Å². The Labute approximate surface area is 177 Å². The predicted octanol–water partition coefficient (Wildman–Crippen LogP) is -0.171. The number of aliphatic hydroxyl groups is 4. The van der Waals surface area contributed by atoms with E-state index in [1.165, 1.54) is 11.8 Å². The molecule has 9 heteroatoms. The number of hydrogen-bond donors (Lipinski definition) is 6. The van der Waals surface area contributed by atoms with Crippen LogP contribution in [0.5, 0.6) is 0 Å². The summed E-state index contributed by atoms with van der Waals surface area (Å²) in [5.41, 5.74) is -0.667. The van der Waals surface area contributed by atoms with Crippen LogP contribution in [0.25, 0.3) is 0 Å². The highest BCUT2D eigenvalue weighted by molar-refractivity contribution is 7.99. The molecule has 0 radical (unpaired) electrons. The summed E-state index contributed by atoms with van der Waals surface area (Å²) in [7, 11) is 0. The number of rotatable bonds is 8. The van der Waals surface area contributed by atoms with Crippen molar-refractivity contribution in [1.29, 1.82) is 0 Å². The molecule has 29 heavy (non-hydrogen) atoms. The number of carbonyl (C=O) groups excluding carboxylic acids is 1. The van der Waals surface area contributed by atoms with E-state index in [2.05, 4.69) is 10.6 Å². The molecule has 0 aliphatic carbocycles. The molecule has 2 fully saturated rings. The standard InChI is InChI=1S/C20H38N2O6S/c1-11(2)14(18-16(25)15(24)17(26)20(28-18)29-3)22-19(27)13-7-6-12(5-4-10-23)8-9-21-13/h11-18,20-21,23-26H,4-10H2,1-3H3,(H,22,27)/t12-,13-,14+,15-,16+,17+,18+,20+/m0/s1. The Morgan fingerprint density at radius 1 is 1.17 bits per heavy atom. The quantitative estimate of drug-likeness (QED) is 0.310. The van der Waals surface area contributed by atoms with E-state index in [0.29, 0.717) is 5.92 Å². The molecule has 0 aromatic heterocycles. The molecule has 0 unspecified atom stereocenters. The summed E-state index contributed by atoms with van der Waals surface area (Å²) in [6.07, 6.45) is 1.56. The van der Waals surface area contributed by atoms with Crippen molar-refractivity contribution in [3.05, 3.63) is 0 Å². The largest absolute Gasteiger partial charge is 0.396 e. The molecule has 6 N–H and O–H groups in total. The number of thioether (sulfide) groups is 1. The van der Waals surface area contributed by atoms with Gasteiger partial charge in [0.15, 0.2) is 0 Å². The van der Waals surface area contributed by atoms with Gasteiger partial charge >= 0.3 is 0 Å². The van der Waals surface area contributed by atoms with E-state index in [1.807, 2.05) is 13.8 Å². The number of carbonyl (C=O) groups is 1. The molecule has 0 bridgehead atoms. The van der Waals surface area contributed by atoms with Crippen molar-refractivity contribution < 1.29 is 30.0 Å². The molecule has 2 heterocycles. The van der Waals surface area contributed by atoms with Crippen molar-refractivity contribution >= 4 is 17.7 Å². The van der Waals surface area contributed by atoms with Crippen molar-refractivity contribution in [1.82, 2.24) is 10.6 Å². The van der Waals surface area contributed by atoms with Gasteiger partial charge in [0, 0.05) is 6.61 Å². The topological polar surface area (TPSA) is 131 Å². The minimum absolute atomic E-state index is 0.0355. The van der Waals surface area contributed by atoms with Gasteiger partial charge in [-0.25, -0.2) is 0 Å². The van der Waals surface area contributed by atoms with Gasteiger partial charge in [-0.1, -0.05) is 13.8 Å². The number of aliphatic hydroxyl groups excluding tert-OH is 4. The van der Waals surface area contributed by atoms with E-state index in [0.717, 1.165) is 38.6 Å². The summed E-state index contributed by atoms with van der Waals surface area (Å²) in [5.74, 6) is 0.339. The summed E-state index contributed by atoms with van der Waals surface area (Å²) < 4.78 is 5.87. The monoisotopic (exact) mass is 434 g/mol. The second kappa shape index (κ2) is 11.8.